The summed E-state index contributed by atoms with van der Waals surface area (Å²) in [6, 6.07) is 13.4. The second kappa shape index (κ2) is 7.08. The number of carbonyl (C=O) groups is 1. The van der Waals surface area contributed by atoms with Crippen molar-refractivity contribution in [3.8, 4) is 0 Å². The fraction of sp³-hybridized carbons (Fsp3) is 0.450. The Morgan fingerprint density at radius 2 is 1.96 bits per heavy atom. The number of quaternary nitrogens is 1. The number of thiophene rings is 1. The van der Waals surface area contributed by atoms with E-state index in [9.17, 15) is 4.79 Å². The number of amides is 1. The molecule has 0 saturated carbocycles. The van der Waals surface area contributed by atoms with E-state index < -0.39 is 0 Å². The first-order valence-electron chi connectivity index (χ1n) is 8.68. The van der Waals surface area contributed by atoms with Crippen LogP contribution in [0.3, 0.4) is 0 Å². The zero-order valence-electron chi connectivity index (χ0n) is 14.8. The van der Waals surface area contributed by atoms with E-state index in [1.165, 1.54) is 16.0 Å². The largest absolute Gasteiger partial charge is 0.349 e. The van der Waals surface area contributed by atoms with Gasteiger partial charge < -0.3 is 10.2 Å². The van der Waals surface area contributed by atoms with Gasteiger partial charge in [0.1, 0.15) is 12.6 Å². The van der Waals surface area contributed by atoms with Crippen LogP contribution in [0.25, 0.3) is 0 Å². The molecule has 1 aromatic carbocycles. The first-order valence-corrected chi connectivity index (χ1v) is 9.56. The van der Waals surface area contributed by atoms with Gasteiger partial charge in [-0.05, 0) is 17.0 Å². The van der Waals surface area contributed by atoms with E-state index in [4.69, 9.17) is 0 Å². The second-order valence-electron chi connectivity index (χ2n) is 7.63. The Balaban J connectivity index is 1.76. The molecule has 1 unspecified atom stereocenters. The minimum atomic E-state index is -0.343. The lowest BCUT2D eigenvalue weighted by Crippen LogP contribution is -3.12. The molecule has 1 aromatic heterocycles. The predicted octanol–water partition coefficient (Wildman–Crippen LogP) is 2.59. The average Bonchev–Trinajstić information content (AvgIpc) is 3.08. The van der Waals surface area contributed by atoms with Crippen molar-refractivity contribution in [3.63, 3.8) is 0 Å². The van der Waals surface area contributed by atoms with Crippen LogP contribution in [0.15, 0.2) is 41.8 Å². The Kier molecular flexibility index (Phi) is 5.07. The van der Waals surface area contributed by atoms with Crippen LogP contribution >= 0.6 is 11.3 Å². The Bertz CT molecular complexity index is 688. The van der Waals surface area contributed by atoms with E-state index in [0.717, 1.165) is 19.5 Å². The molecule has 4 heteroatoms. The number of hydrogen-bond acceptors (Lipinski definition) is 2. The monoisotopic (exact) mass is 343 g/mol. The third kappa shape index (κ3) is 3.87. The van der Waals surface area contributed by atoms with Gasteiger partial charge >= 0.3 is 0 Å². The van der Waals surface area contributed by atoms with Gasteiger partial charge in [-0.25, -0.2) is 0 Å². The molecule has 0 aliphatic carbocycles. The summed E-state index contributed by atoms with van der Waals surface area (Å²) in [6.45, 7) is 8.74. The molecule has 0 saturated heterocycles. The number of benzene rings is 1. The van der Waals surface area contributed by atoms with Crippen LogP contribution in [-0.4, -0.2) is 19.0 Å². The molecule has 2 aromatic rings. The molecular formula is C20H27N2OS+. The maximum atomic E-state index is 12.3. The smallest absolute Gasteiger partial charge is 0.225 e. The third-order valence-electron chi connectivity index (χ3n) is 4.78. The molecule has 0 bridgehead atoms. The van der Waals surface area contributed by atoms with Crippen molar-refractivity contribution >= 4 is 17.2 Å². The van der Waals surface area contributed by atoms with Gasteiger partial charge in [0, 0.05) is 17.4 Å². The quantitative estimate of drug-likeness (QED) is 0.879. The summed E-state index contributed by atoms with van der Waals surface area (Å²) in [7, 11) is 0. The third-order valence-corrected chi connectivity index (χ3v) is 5.76. The SMILES string of the molecule is CC(C)(C)C(=O)NC[C@H](c1cccs1)[NH+]1CCc2ccccc2C1. The van der Waals surface area contributed by atoms with Crippen LogP contribution < -0.4 is 10.2 Å². The summed E-state index contributed by atoms with van der Waals surface area (Å²) in [6.07, 6.45) is 1.11. The minimum absolute atomic E-state index is 0.126. The average molecular weight is 344 g/mol. The van der Waals surface area contributed by atoms with E-state index in [1.54, 1.807) is 16.2 Å². The zero-order valence-corrected chi connectivity index (χ0v) is 15.6. The highest BCUT2D eigenvalue weighted by Crippen LogP contribution is 2.20. The first kappa shape index (κ1) is 17.2. The first-order chi connectivity index (χ1) is 11.4. The van der Waals surface area contributed by atoms with E-state index in [1.807, 2.05) is 20.8 Å². The highest BCUT2D eigenvalue weighted by molar-refractivity contribution is 7.10. The topological polar surface area (TPSA) is 33.5 Å². The summed E-state index contributed by atoms with van der Waals surface area (Å²) in [5.41, 5.74) is 2.58. The molecule has 1 amide bonds. The van der Waals surface area contributed by atoms with E-state index >= 15 is 0 Å². The van der Waals surface area contributed by atoms with Crippen LogP contribution in [0.1, 0.15) is 42.8 Å². The molecular weight excluding hydrogens is 316 g/mol. The Morgan fingerprint density at radius 3 is 2.62 bits per heavy atom. The van der Waals surface area contributed by atoms with E-state index in [0.29, 0.717) is 12.6 Å². The predicted molar refractivity (Wildman–Crippen MR) is 99.2 cm³/mol. The molecule has 1 aliphatic rings. The van der Waals surface area contributed by atoms with Gasteiger partial charge in [0.05, 0.1) is 18.0 Å². The summed E-state index contributed by atoms with van der Waals surface area (Å²) < 4.78 is 0. The molecule has 3 nitrogen and oxygen atoms in total. The maximum Gasteiger partial charge on any atom is 0.225 e. The van der Waals surface area contributed by atoms with Gasteiger partial charge in [0.25, 0.3) is 0 Å². The summed E-state index contributed by atoms with van der Waals surface area (Å²) in [4.78, 5) is 15.2. The van der Waals surface area contributed by atoms with Crippen LogP contribution in [0.2, 0.25) is 0 Å². The Morgan fingerprint density at radius 1 is 1.21 bits per heavy atom. The van der Waals surface area contributed by atoms with Crippen LogP contribution in [0.4, 0.5) is 0 Å². The lowest BCUT2D eigenvalue weighted by atomic mass is 9.95. The fourth-order valence-corrected chi connectivity index (χ4v) is 4.18. The zero-order chi connectivity index (χ0) is 17.2. The van der Waals surface area contributed by atoms with Crippen LogP contribution in [0.5, 0.6) is 0 Å². The molecule has 3 rings (SSSR count). The summed E-state index contributed by atoms with van der Waals surface area (Å²) in [5, 5.41) is 5.31. The van der Waals surface area contributed by atoms with Gasteiger partial charge in [-0.2, -0.15) is 0 Å². The normalized spacial score (nSPS) is 18.7. The van der Waals surface area contributed by atoms with Gasteiger partial charge in [0.2, 0.25) is 5.91 Å². The standard InChI is InChI=1S/C20H26N2OS/c1-20(2,3)19(23)21-13-17(18-9-6-12-24-18)22-11-10-15-7-4-5-8-16(15)14-22/h4-9,12,17H,10-11,13-14H2,1-3H3,(H,21,23)/p+1/t17-/m1/s1. The number of fused-ring (bicyclic) bond motifs is 1. The van der Waals surface area contributed by atoms with Crippen molar-refractivity contribution in [2.24, 2.45) is 5.41 Å². The molecule has 0 radical (unpaired) electrons. The van der Waals surface area contributed by atoms with Gasteiger partial charge in [-0.15, -0.1) is 11.3 Å². The molecule has 2 atom stereocenters. The van der Waals surface area contributed by atoms with Crippen molar-refractivity contribution < 1.29 is 9.69 Å². The van der Waals surface area contributed by atoms with Crippen LogP contribution in [-0.2, 0) is 17.8 Å². The highest BCUT2D eigenvalue weighted by Gasteiger charge is 2.30. The summed E-state index contributed by atoms with van der Waals surface area (Å²) >= 11 is 1.79. The van der Waals surface area contributed by atoms with Gasteiger partial charge in [-0.1, -0.05) is 51.1 Å². The lowest BCUT2D eigenvalue weighted by Gasteiger charge is -2.33. The molecule has 24 heavy (non-hydrogen) atoms. The van der Waals surface area contributed by atoms with Crippen molar-refractivity contribution in [2.45, 2.75) is 39.8 Å². The van der Waals surface area contributed by atoms with Crippen molar-refractivity contribution in [1.29, 1.82) is 0 Å². The number of hydrogen-bond donors (Lipinski definition) is 2. The van der Waals surface area contributed by atoms with Crippen molar-refractivity contribution in [3.05, 3.63) is 57.8 Å². The molecule has 0 spiro atoms. The van der Waals surface area contributed by atoms with E-state index in [2.05, 4.69) is 47.1 Å². The maximum absolute atomic E-state index is 12.3. The fourth-order valence-electron chi connectivity index (χ4n) is 3.30. The highest BCUT2D eigenvalue weighted by atomic mass is 32.1. The van der Waals surface area contributed by atoms with Crippen molar-refractivity contribution in [1.82, 2.24) is 5.32 Å². The van der Waals surface area contributed by atoms with Crippen molar-refractivity contribution in [2.75, 3.05) is 13.1 Å². The van der Waals surface area contributed by atoms with Gasteiger partial charge in [-0.3, -0.25) is 4.79 Å². The number of nitrogens with one attached hydrogen (secondary N) is 2. The van der Waals surface area contributed by atoms with Crippen LogP contribution in [0, 0.1) is 5.41 Å². The molecule has 1 aliphatic heterocycles. The summed E-state index contributed by atoms with van der Waals surface area (Å²) in [5.74, 6) is 0.126. The Labute approximate surface area is 148 Å². The second-order valence-corrected chi connectivity index (χ2v) is 8.61. The molecule has 2 heterocycles. The van der Waals surface area contributed by atoms with Gasteiger partial charge in [0.15, 0.2) is 0 Å². The molecule has 0 fully saturated rings. The number of rotatable bonds is 4. The van der Waals surface area contributed by atoms with E-state index in [-0.39, 0.29) is 11.3 Å². The lowest BCUT2D eigenvalue weighted by molar-refractivity contribution is -0.945. The molecule has 128 valence electrons. The Hall–Kier alpha value is -1.65. The molecule has 2 N–H and O–H groups in total. The number of carbonyl (C=O) groups excluding carboxylic acids is 1. The minimum Gasteiger partial charge on any atom is -0.349 e.